The van der Waals surface area contributed by atoms with Crippen molar-refractivity contribution in [3.8, 4) is 0 Å². The smallest absolute Gasteiger partial charge is 0.326 e. The highest BCUT2D eigenvalue weighted by Gasteiger charge is 2.62. The van der Waals surface area contributed by atoms with Gasteiger partial charge in [0.15, 0.2) is 11.4 Å². The lowest BCUT2D eigenvalue weighted by Gasteiger charge is -2.54. The van der Waals surface area contributed by atoms with Gasteiger partial charge in [0, 0.05) is 18.1 Å². The van der Waals surface area contributed by atoms with Crippen molar-refractivity contribution in [3.63, 3.8) is 0 Å². The van der Waals surface area contributed by atoms with Crippen LogP contribution in [0.25, 0.3) is 0 Å². The zero-order chi connectivity index (χ0) is 21.9. The average Bonchev–Trinajstić information content (AvgIpc) is 2.68. The first kappa shape index (κ1) is 23.5. The van der Waals surface area contributed by atoms with Crippen LogP contribution in [-0.2, 0) is 14.9 Å². The number of hydrogen-bond donors (Lipinski definition) is 2. The van der Waals surface area contributed by atoms with Crippen molar-refractivity contribution in [2.75, 3.05) is 13.3 Å². The summed E-state index contributed by atoms with van der Waals surface area (Å²) in [5.74, 6) is -0.825. The van der Waals surface area contributed by atoms with Crippen LogP contribution in [0.5, 0.6) is 0 Å². The Morgan fingerprint density at radius 3 is 1.76 bits per heavy atom. The Kier molecular flexibility index (Phi) is 7.23. The summed E-state index contributed by atoms with van der Waals surface area (Å²) in [6.45, 7) is 7.57. The van der Waals surface area contributed by atoms with E-state index in [0.717, 1.165) is 0 Å². The van der Waals surface area contributed by atoms with Gasteiger partial charge in [0.25, 0.3) is 0 Å². The molecule has 2 aromatic carbocycles. The van der Waals surface area contributed by atoms with Gasteiger partial charge in [-0.3, -0.25) is 9.36 Å². The van der Waals surface area contributed by atoms with Gasteiger partial charge in [-0.2, -0.15) is 0 Å². The predicted molar refractivity (Wildman–Crippen MR) is 115 cm³/mol. The largest absolute Gasteiger partial charge is 0.365 e. The maximum absolute atomic E-state index is 14.1. The van der Waals surface area contributed by atoms with E-state index in [-0.39, 0.29) is 17.6 Å². The molecule has 0 heterocycles. The Hall–Kier alpha value is -1.78. The van der Waals surface area contributed by atoms with E-state index in [4.69, 9.17) is 4.74 Å². The third-order valence-electron chi connectivity index (χ3n) is 6.03. The van der Waals surface area contributed by atoms with Crippen molar-refractivity contribution >= 4 is 13.4 Å². The highest BCUT2D eigenvalue weighted by molar-refractivity contribution is 7.51. The molecule has 0 aliphatic heterocycles. The molecule has 0 saturated carbocycles. The van der Waals surface area contributed by atoms with Crippen LogP contribution in [0.2, 0.25) is 0 Å². The zero-order valence-corrected chi connectivity index (χ0v) is 18.6. The van der Waals surface area contributed by atoms with E-state index in [1.165, 1.54) is 7.11 Å². The topological polar surface area (TPSA) is 83.8 Å². The summed E-state index contributed by atoms with van der Waals surface area (Å²) >= 11 is 0. The molecule has 0 aromatic heterocycles. The third kappa shape index (κ3) is 4.24. The van der Waals surface area contributed by atoms with Gasteiger partial charge in [-0.25, -0.2) is 0 Å². The molecular weight excluding hydrogens is 387 g/mol. The van der Waals surface area contributed by atoms with Crippen molar-refractivity contribution in [1.82, 2.24) is 0 Å². The molecule has 0 radical (unpaired) electrons. The van der Waals surface area contributed by atoms with Crippen molar-refractivity contribution in [2.45, 2.75) is 33.3 Å². The summed E-state index contributed by atoms with van der Waals surface area (Å²) in [7, 11) is -3.04. The number of hydrogen-bond acceptors (Lipinski definition) is 3. The molecule has 0 aliphatic carbocycles. The lowest BCUT2D eigenvalue weighted by Crippen LogP contribution is -2.60. The highest BCUT2D eigenvalue weighted by Crippen LogP contribution is 2.60. The van der Waals surface area contributed by atoms with Crippen molar-refractivity contribution in [3.05, 3.63) is 71.8 Å². The fourth-order valence-electron chi connectivity index (χ4n) is 4.77. The van der Waals surface area contributed by atoms with E-state index in [1.807, 2.05) is 52.0 Å². The molecule has 0 spiro atoms. The highest BCUT2D eigenvalue weighted by atomic mass is 31.2. The summed E-state index contributed by atoms with van der Waals surface area (Å²) in [5, 5.41) is 0. The van der Waals surface area contributed by atoms with E-state index >= 15 is 0 Å². The van der Waals surface area contributed by atoms with E-state index in [2.05, 4.69) is 0 Å². The molecule has 0 saturated heterocycles. The van der Waals surface area contributed by atoms with Crippen molar-refractivity contribution in [1.29, 1.82) is 0 Å². The first-order chi connectivity index (χ1) is 13.5. The van der Waals surface area contributed by atoms with Crippen LogP contribution in [0.1, 0.15) is 43.6 Å². The van der Waals surface area contributed by atoms with E-state index < -0.39 is 24.8 Å². The van der Waals surface area contributed by atoms with E-state index in [9.17, 15) is 19.1 Å². The third-order valence-corrected chi connectivity index (χ3v) is 6.96. The van der Waals surface area contributed by atoms with Crippen LogP contribution in [0.3, 0.4) is 0 Å². The second-order valence-corrected chi connectivity index (χ2v) is 9.76. The second-order valence-electron chi connectivity index (χ2n) is 8.12. The summed E-state index contributed by atoms with van der Waals surface area (Å²) in [4.78, 5) is 34.2. The van der Waals surface area contributed by atoms with Gasteiger partial charge in [0.1, 0.15) is 0 Å². The predicted octanol–water partition coefficient (Wildman–Crippen LogP) is 4.89. The van der Waals surface area contributed by atoms with Crippen LogP contribution in [0.15, 0.2) is 60.7 Å². The number of benzene rings is 2. The minimum Gasteiger partial charge on any atom is -0.365 e. The fraction of sp³-hybridized carbons (Fsp3) is 0.435. The number of carbonyl (C=O) groups excluding carboxylic acids is 1. The molecule has 0 aliphatic rings. The Balaban J connectivity index is 2.96. The Bertz CT molecular complexity index is 849. The normalized spacial score (nSPS) is 14.8. The first-order valence-corrected chi connectivity index (χ1v) is 11.6. The molecule has 158 valence electrons. The second kappa shape index (κ2) is 8.93. The number of rotatable bonds is 9. The molecule has 6 heteroatoms. The van der Waals surface area contributed by atoms with Gasteiger partial charge in [-0.1, -0.05) is 88.4 Å². The fourth-order valence-corrected chi connectivity index (χ4v) is 6.41. The molecule has 2 aromatic rings. The molecule has 0 bridgehead atoms. The Morgan fingerprint density at radius 1 is 0.931 bits per heavy atom. The molecule has 1 atom stereocenters. The number of Topliss-reactive ketones (excluding diaryl/α,β-unsaturated/α-hetero) is 1. The van der Waals surface area contributed by atoms with Crippen LogP contribution < -0.4 is 0 Å². The van der Waals surface area contributed by atoms with Gasteiger partial charge in [-0.05, 0) is 17.4 Å². The maximum Gasteiger partial charge on any atom is 0.326 e. The van der Waals surface area contributed by atoms with Crippen LogP contribution in [0.4, 0.5) is 0 Å². The number of ether oxygens (including phenoxy) is 1. The van der Waals surface area contributed by atoms with E-state index in [0.29, 0.717) is 11.1 Å². The zero-order valence-electron chi connectivity index (χ0n) is 17.7. The number of carbonyl (C=O) groups is 1. The molecule has 2 N–H and O–H groups in total. The molecule has 0 fully saturated rings. The Morgan fingerprint density at radius 2 is 1.38 bits per heavy atom. The number of methoxy groups -OCH3 is 1. The summed E-state index contributed by atoms with van der Waals surface area (Å²) in [6.07, 6.45) is -0.462. The summed E-state index contributed by atoms with van der Waals surface area (Å²) in [6, 6.07) is 17.8. The van der Waals surface area contributed by atoms with Gasteiger partial charge in [0.05, 0.1) is 6.16 Å². The maximum atomic E-state index is 14.1. The van der Waals surface area contributed by atoms with Gasteiger partial charge in [-0.15, -0.1) is 0 Å². The Labute approximate surface area is 173 Å². The van der Waals surface area contributed by atoms with Gasteiger partial charge < -0.3 is 14.5 Å². The molecule has 1 unspecified atom stereocenters. The summed E-state index contributed by atoms with van der Waals surface area (Å²) in [5.41, 5.74) is -1.70. The van der Waals surface area contributed by atoms with Crippen molar-refractivity contribution < 1.29 is 23.9 Å². The van der Waals surface area contributed by atoms with Crippen molar-refractivity contribution in [2.24, 2.45) is 17.3 Å². The average molecular weight is 418 g/mol. The minimum absolute atomic E-state index is 0.261. The SMILES string of the molecule is COC(C(=O)c1ccccc1)(c1ccccc1)C(CP(=O)(O)O)(C(C)C)C(C)C. The molecule has 2 rings (SSSR count). The minimum atomic E-state index is -4.49. The van der Waals surface area contributed by atoms with Crippen LogP contribution in [-0.4, -0.2) is 28.8 Å². The monoisotopic (exact) mass is 418 g/mol. The lowest BCUT2D eigenvalue weighted by atomic mass is 9.55. The van der Waals surface area contributed by atoms with Gasteiger partial charge >= 0.3 is 7.60 Å². The van der Waals surface area contributed by atoms with Gasteiger partial charge in [0.2, 0.25) is 0 Å². The lowest BCUT2D eigenvalue weighted by molar-refractivity contribution is -0.124. The molecule has 29 heavy (non-hydrogen) atoms. The number of ketones is 1. The molecule has 5 nitrogen and oxygen atoms in total. The first-order valence-electron chi connectivity index (χ1n) is 9.78. The standard InChI is InChI=1S/C23H31O5P/c1-17(2)22(18(3)4,16-29(25,26)27)23(28-5,20-14-10-7-11-15-20)21(24)19-12-8-6-9-13-19/h6-15,17-18H,16H2,1-5H3,(H2,25,26,27). The van der Waals surface area contributed by atoms with Crippen LogP contribution in [0, 0.1) is 17.3 Å². The molecular formula is C23H31O5P. The molecule has 0 amide bonds. The quantitative estimate of drug-likeness (QED) is 0.448. The van der Waals surface area contributed by atoms with E-state index in [1.54, 1.807) is 36.4 Å². The van der Waals surface area contributed by atoms with Crippen LogP contribution >= 0.6 is 7.60 Å². The summed E-state index contributed by atoms with van der Waals surface area (Å²) < 4.78 is 18.4.